The minimum Gasteiger partial charge on any atom is -0.493 e. The summed E-state index contributed by atoms with van der Waals surface area (Å²) in [7, 11) is 3.18. The zero-order valence-electron chi connectivity index (χ0n) is 19.2. The highest BCUT2D eigenvalue weighted by atomic mass is 16.5. The van der Waals surface area contributed by atoms with Crippen LogP contribution in [0.1, 0.15) is 55.2 Å². The fourth-order valence-corrected chi connectivity index (χ4v) is 5.61. The summed E-state index contributed by atoms with van der Waals surface area (Å²) in [6.45, 7) is 0.455. The maximum atomic E-state index is 13.8. The number of hydrogen-bond acceptors (Lipinski definition) is 4. The summed E-state index contributed by atoms with van der Waals surface area (Å²) < 4.78 is 10.7. The van der Waals surface area contributed by atoms with Gasteiger partial charge in [-0.05, 0) is 47.7 Å². The van der Waals surface area contributed by atoms with E-state index >= 15 is 0 Å². The normalized spacial score (nSPS) is 23.4. The number of carbonyl (C=O) groups excluding carboxylic acids is 2. The molecule has 3 aliphatic rings. The van der Waals surface area contributed by atoms with Gasteiger partial charge < -0.3 is 19.7 Å². The first-order chi connectivity index (χ1) is 16.1. The SMILES string of the molecule is COc1ccc(/C=C2/CC3(C(=O)NC4CCCCC4)c4ccccc4CN3C2=O)cc1OC. The molecule has 2 aromatic rings. The summed E-state index contributed by atoms with van der Waals surface area (Å²) >= 11 is 0. The van der Waals surface area contributed by atoms with E-state index in [9.17, 15) is 9.59 Å². The molecule has 6 heteroatoms. The molecule has 2 amide bonds. The molecular formula is C27H30N2O4. The number of rotatable bonds is 5. The van der Waals surface area contributed by atoms with Gasteiger partial charge in [0.1, 0.15) is 0 Å². The van der Waals surface area contributed by atoms with Gasteiger partial charge in [-0.2, -0.15) is 0 Å². The zero-order chi connectivity index (χ0) is 23.0. The number of carbonyl (C=O) groups is 2. The minimum absolute atomic E-state index is 0.0524. The molecule has 0 aromatic heterocycles. The summed E-state index contributed by atoms with van der Waals surface area (Å²) in [5.74, 6) is 1.10. The van der Waals surface area contributed by atoms with Gasteiger partial charge >= 0.3 is 0 Å². The first-order valence-electron chi connectivity index (χ1n) is 11.7. The van der Waals surface area contributed by atoms with Gasteiger partial charge in [-0.25, -0.2) is 0 Å². The Bertz CT molecular complexity index is 1120. The molecule has 1 unspecified atom stereocenters. The van der Waals surface area contributed by atoms with Gasteiger partial charge in [0.25, 0.3) is 11.8 Å². The van der Waals surface area contributed by atoms with Crippen molar-refractivity contribution >= 4 is 17.9 Å². The predicted molar refractivity (Wildman–Crippen MR) is 126 cm³/mol. The van der Waals surface area contributed by atoms with Gasteiger partial charge in [-0.15, -0.1) is 0 Å². The van der Waals surface area contributed by atoms with Crippen LogP contribution >= 0.6 is 0 Å². The molecule has 6 nitrogen and oxygen atoms in total. The summed E-state index contributed by atoms with van der Waals surface area (Å²) in [5.41, 5.74) is 2.49. The highest BCUT2D eigenvalue weighted by molar-refractivity contribution is 6.08. The van der Waals surface area contributed by atoms with Crippen molar-refractivity contribution in [2.45, 2.75) is 56.7 Å². The Morgan fingerprint density at radius 2 is 1.82 bits per heavy atom. The van der Waals surface area contributed by atoms with E-state index in [1.54, 1.807) is 19.1 Å². The van der Waals surface area contributed by atoms with E-state index in [2.05, 4.69) is 5.32 Å². The summed E-state index contributed by atoms with van der Waals surface area (Å²) in [6.07, 6.45) is 7.75. The van der Waals surface area contributed by atoms with Crippen LogP contribution in [0.25, 0.3) is 6.08 Å². The van der Waals surface area contributed by atoms with Gasteiger partial charge in [0.15, 0.2) is 17.0 Å². The van der Waals surface area contributed by atoms with Crippen LogP contribution in [0.3, 0.4) is 0 Å². The second-order valence-corrected chi connectivity index (χ2v) is 9.18. The standard InChI is InChI=1S/C27H30N2O4/c1-32-23-13-12-18(15-24(23)33-2)14-20-16-27(26(31)28-21-9-4-3-5-10-21)22-11-7-6-8-19(22)17-29(27)25(20)30/h6-8,11-15,21H,3-5,9-10,16-17H2,1-2H3,(H,28,31)/b20-14-. The Kier molecular flexibility index (Phi) is 5.60. The number of methoxy groups -OCH3 is 2. The molecule has 1 saturated carbocycles. The van der Waals surface area contributed by atoms with E-state index in [0.717, 1.165) is 42.4 Å². The van der Waals surface area contributed by atoms with Crippen LogP contribution in [-0.2, 0) is 21.7 Å². The van der Waals surface area contributed by atoms with Crippen molar-refractivity contribution in [1.82, 2.24) is 10.2 Å². The van der Waals surface area contributed by atoms with E-state index < -0.39 is 5.54 Å². The van der Waals surface area contributed by atoms with E-state index in [-0.39, 0.29) is 17.9 Å². The largest absolute Gasteiger partial charge is 0.493 e. The van der Waals surface area contributed by atoms with Gasteiger partial charge in [0, 0.05) is 24.6 Å². The first kappa shape index (κ1) is 21.6. The lowest BCUT2D eigenvalue weighted by Crippen LogP contribution is -2.53. The van der Waals surface area contributed by atoms with E-state index in [1.807, 2.05) is 48.5 Å². The number of fused-ring (bicyclic) bond motifs is 3. The predicted octanol–water partition coefficient (Wildman–Crippen LogP) is 4.18. The lowest BCUT2D eigenvalue weighted by Gasteiger charge is -2.34. The van der Waals surface area contributed by atoms with Crippen LogP contribution < -0.4 is 14.8 Å². The van der Waals surface area contributed by atoms with E-state index in [4.69, 9.17) is 9.47 Å². The van der Waals surface area contributed by atoms with Gasteiger partial charge in [-0.1, -0.05) is 49.6 Å². The smallest absolute Gasteiger partial charge is 0.251 e. The molecule has 172 valence electrons. The number of amides is 2. The highest BCUT2D eigenvalue weighted by Crippen LogP contribution is 2.50. The van der Waals surface area contributed by atoms with Crippen LogP contribution in [0, 0.1) is 0 Å². The average Bonchev–Trinajstić information content (AvgIpc) is 3.32. The Balaban J connectivity index is 1.52. The molecule has 1 saturated heterocycles. The van der Waals surface area contributed by atoms with Crippen molar-refractivity contribution in [3.05, 3.63) is 64.7 Å². The lowest BCUT2D eigenvalue weighted by atomic mass is 9.84. The fraction of sp³-hybridized carbons (Fsp3) is 0.407. The molecule has 0 spiro atoms. The number of ether oxygens (including phenoxy) is 2. The third-order valence-electron chi connectivity index (χ3n) is 7.28. The van der Waals surface area contributed by atoms with Crippen molar-refractivity contribution in [3.8, 4) is 11.5 Å². The Morgan fingerprint density at radius 3 is 2.58 bits per heavy atom. The van der Waals surface area contributed by atoms with Crippen molar-refractivity contribution in [3.63, 3.8) is 0 Å². The summed E-state index contributed by atoms with van der Waals surface area (Å²) in [5, 5.41) is 3.31. The molecule has 0 bridgehead atoms. The van der Waals surface area contributed by atoms with Crippen LogP contribution in [0.4, 0.5) is 0 Å². The molecule has 2 aliphatic heterocycles. The Morgan fingerprint density at radius 1 is 1.06 bits per heavy atom. The molecule has 2 fully saturated rings. The Labute approximate surface area is 194 Å². The third-order valence-corrected chi connectivity index (χ3v) is 7.28. The van der Waals surface area contributed by atoms with E-state index in [0.29, 0.717) is 30.0 Å². The summed E-state index contributed by atoms with van der Waals surface area (Å²) in [6, 6.07) is 13.7. The van der Waals surface area contributed by atoms with Crippen molar-refractivity contribution < 1.29 is 19.1 Å². The number of benzene rings is 2. The third kappa shape index (κ3) is 3.58. The van der Waals surface area contributed by atoms with E-state index in [1.165, 1.54) is 6.42 Å². The lowest BCUT2D eigenvalue weighted by molar-refractivity contribution is -0.141. The fourth-order valence-electron chi connectivity index (χ4n) is 5.61. The maximum Gasteiger partial charge on any atom is 0.251 e. The molecule has 1 N–H and O–H groups in total. The molecule has 5 rings (SSSR count). The molecule has 2 heterocycles. The number of hydrogen-bond donors (Lipinski definition) is 1. The highest BCUT2D eigenvalue weighted by Gasteiger charge is 2.58. The molecule has 2 aromatic carbocycles. The van der Waals surface area contributed by atoms with Crippen LogP contribution in [0.2, 0.25) is 0 Å². The molecule has 1 atom stereocenters. The van der Waals surface area contributed by atoms with Crippen LogP contribution in [0.5, 0.6) is 11.5 Å². The zero-order valence-corrected chi connectivity index (χ0v) is 19.2. The Hall–Kier alpha value is -3.28. The van der Waals surface area contributed by atoms with Crippen molar-refractivity contribution in [2.24, 2.45) is 0 Å². The summed E-state index contributed by atoms with van der Waals surface area (Å²) in [4.78, 5) is 29.2. The molecule has 1 aliphatic carbocycles. The molecule has 33 heavy (non-hydrogen) atoms. The average molecular weight is 447 g/mol. The first-order valence-corrected chi connectivity index (χ1v) is 11.7. The second-order valence-electron chi connectivity index (χ2n) is 9.18. The van der Waals surface area contributed by atoms with Crippen molar-refractivity contribution in [2.75, 3.05) is 14.2 Å². The van der Waals surface area contributed by atoms with Gasteiger partial charge in [0.05, 0.1) is 14.2 Å². The minimum atomic E-state index is -0.979. The molecular weight excluding hydrogens is 416 g/mol. The van der Waals surface area contributed by atoms with Crippen LogP contribution in [-0.4, -0.2) is 37.0 Å². The van der Waals surface area contributed by atoms with Gasteiger partial charge in [0.2, 0.25) is 0 Å². The quantitative estimate of drug-likeness (QED) is 0.700. The van der Waals surface area contributed by atoms with Crippen molar-refractivity contribution in [1.29, 1.82) is 0 Å². The monoisotopic (exact) mass is 446 g/mol. The topological polar surface area (TPSA) is 67.9 Å². The molecule has 0 radical (unpaired) electrons. The number of nitrogens with zero attached hydrogens (tertiary/aromatic N) is 1. The second kappa shape index (κ2) is 8.58. The van der Waals surface area contributed by atoms with Crippen LogP contribution in [0.15, 0.2) is 48.0 Å². The number of nitrogens with one attached hydrogen (secondary N) is 1. The van der Waals surface area contributed by atoms with Gasteiger partial charge in [-0.3, -0.25) is 9.59 Å². The maximum absolute atomic E-state index is 13.8.